The van der Waals surface area contributed by atoms with Gasteiger partial charge >= 0.3 is 6.97 Å². The van der Waals surface area contributed by atoms with Crippen molar-refractivity contribution in [1.29, 1.82) is 0 Å². The largest absolute Gasteiger partial charge is 0.737 e. The van der Waals surface area contributed by atoms with Gasteiger partial charge in [-0.25, -0.2) is 0 Å². The number of rotatable bonds is 3. The lowest BCUT2D eigenvalue weighted by Crippen LogP contribution is -2.51. The fraction of sp³-hybridized carbons (Fsp3) is 0.364. The number of allylic oxidation sites excluding steroid dienone is 2. The van der Waals surface area contributed by atoms with E-state index in [1.807, 2.05) is 47.6 Å². The average Bonchev–Trinajstić information content (AvgIpc) is 3.08. The first kappa shape index (κ1) is 20.3. The van der Waals surface area contributed by atoms with Crippen molar-refractivity contribution < 1.29 is 13.1 Å². The Morgan fingerprint density at radius 3 is 2.41 bits per heavy atom. The van der Waals surface area contributed by atoms with Gasteiger partial charge in [-0.15, -0.1) is 0 Å². The number of hydrogen-bond acceptors (Lipinski definition) is 1. The molecule has 152 valence electrons. The monoisotopic (exact) mass is 459 g/mol. The Kier molecular flexibility index (Phi) is 4.72. The van der Waals surface area contributed by atoms with Crippen molar-refractivity contribution in [3.8, 4) is 0 Å². The van der Waals surface area contributed by atoms with Crippen LogP contribution in [0.5, 0.6) is 0 Å². The van der Waals surface area contributed by atoms with Gasteiger partial charge in [0.2, 0.25) is 0 Å². The molecule has 0 spiro atoms. The lowest BCUT2D eigenvalue weighted by atomic mass is 9.84. The SMILES string of the molecule is CCC1=C(C)C2=C(c3ccncc3Br)c3c(C)c(CC)c(C)n3[B-](F)(F)[N+]2=C1C. The summed E-state index contributed by atoms with van der Waals surface area (Å²) in [5.74, 6) is 0. The zero-order valence-corrected chi connectivity index (χ0v) is 19.3. The minimum atomic E-state index is -3.99. The van der Waals surface area contributed by atoms with E-state index >= 15 is 8.63 Å². The molecule has 0 radical (unpaired) electrons. The van der Waals surface area contributed by atoms with E-state index in [1.54, 1.807) is 12.4 Å². The summed E-state index contributed by atoms with van der Waals surface area (Å²) in [7, 11) is 0. The number of fused-ring (bicyclic) bond motifs is 2. The third kappa shape index (κ3) is 2.52. The summed E-state index contributed by atoms with van der Waals surface area (Å²) in [6.45, 7) is 7.66. The fourth-order valence-electron chi connectivity index (χ4n) is 5.31. The van der Waals surface area contributed by atoms with Crippen LogP contribution in [0.15, 0.2) is 39.8 Å². The Hall–Kier alpha value is -2.02. The van der Waals surface area contributed by atoms with Crippen LogP contribution < -0.4 is 0 Å². The van der Waals surface area contributed by atoms with Gasteiger partial charge in [0.25, 0.3) is 0 Å². The smallest absolute Gasteiger partial charge is 0.393 e. The molecule has 0 saturated heterocycles. The highest BCUT2D eigenvalue weighted by Crippen LogP contribution is 2.48. The standard InChI is InChI=1S/C22H25BBrF2N3/c1-7-16-12(3)21-20(18-9-10-27-11-19(18)24)22-13(4)17(8-2)15(6)29(22)23(25,26)28(21)14(16)5/h9-11H,7-8H2,1-6H3. The van der Waals surface area contributed by atoms with Crippen LogP contribution in [0.25, 0.3) is 5.57 Å². The Balaban J connectivity index is 2.26. The van der Waals surface area contributed by atoms with Crippen molar-refractivity contribution in [1.82, 2.24) is 9.46 Å². The molecule has 2 aliphatic rings. The van der Waals surface area contributed by atoms with Crippen LogP contribution in [0.4, 0.5) is 8.63 Å². The second-order valence-electron chi connectivity index (χ2n) is 7.84. The van der Waals surface area contributed by atoms with Crippen molar-refractivity contribution in [2.45, 2.75) is 54.4 Å². The first-order valence-corrected chi connectivity index (χ1v) is 10.9. The summed E-state index contributed by atoms with van der Waals surface area (Å²) >= 11 is 3.61. The van der Waals surface area contributed by atoms with Gasteiger partial charge in [-0.3, -0.25) is 4.98 Å². The number of pyridine rings is 1. The Morgan fingerprint density at radius 1 is 1.14 bits per heavy atom. The molecular formula is C22H25BBrF2N3. The zero-order chi connectivity index (χ0) is 21.2. The highest BCUT2D eigenvalue weighted by atomic mass is 79.9. The molecule has 0 amide bonds. The minimum absolute atomic E-state index is 0.631. The molecule has 2 aromatic rings. The van der Waals surface area contributed by atoms with E-state index in [4.69, 9.17) is 0 Å². The molecule has 0 fully saturated rings. The maximum absolute atomic E-state index is 16.1. The van der Waals surface area contributed by atoms with Crippen LogP contribution in [-0.2, 0) is 6.42 Å². The topological polar surface area (TPSA) is 20.8 Å². The highest BCUT2D eigenvalue weighted by Gasteiger charge is 2.56. The molecule has 2 aliphatic heterocycles. The zero-order valence-electron chi connectivity index (χ0n) is 17.7. The van der Waals surface area contributed by atoms with Gasteiger partial charge in [-0.2, -0.15) is 0 Å². The van der Waals surface area contributed by atoms with Gasteiger partial charge in [0, 0.05) is 46.2 Å². The Morgan fingerprint density at radius 2 is 1.83 bits per heavy atom. The van der Waals surface area contributed by atoms with E-state index in [0.717, 1.165) is 50.7 Å². The molecular weight excluding hydrogens is 435 g/mol. The van der Waals surface area contributed by atoms with Gasteiger partial charge < -0.3 is 17.6 Å². The van der Waals surface area contributed by atoms with E-state index in [9.17, 15) is 0 Å². The van der Waals surface area contributed by atoms with Crippen molar-refractivity contribution in [2.75, 3.05) is 0 Å². The summed E-state index contributed by atoms with van der Waals surface area (Å²) in [6, 6.07) is 1.91. The lowest BCUT2D eigenvalue weighted by molar-refractivity contribution is -0.363. The molecule has 0 aromatic carbocycles. The predicted molar refractivity (Wildman–Crippen MR) is 119 cm³/mol. The second kappa shape index (κ2) is 6.76. The second-order valence-corrected chi connectivity index (χ2v) is 8.70. The average molecular weight is 460 g/mol. The minimum Gasteiger partial charge on any atom is -0.393 e. The summed E-state index contributed by atoms with van der Waals surface area (Å²) in [5, 5.41) is 0. The fourth-order valence-corrected chi connectivity index (χ4v) is 5.76. The Labute approximate surface area is 179 Å². The van der Waals surface area contributed by atoms with Crippen molar-refractivity contribution in [3.05, 3.63) is 67.9 Å². The molecule has 0 atom stereocenters. The van der Waals surface area contributed by atoms with Gasteiger partial charge in [0.05, 0.1) is 5.57 Å². The van der Waals surface area contributed by atoms with Crippen molar-refractivity contribution in [2.24, 2.45) is 0 Å². The molecule has 0 N–H and O–H groups in total. The van der Waals surface area contributed by atoms with Crippen LogP contribution in [0, 0.1) is 13.8 Å². The van der Waals surface area contributed by atoms with Crippen LogP contribution >= 0.6 is 15.9 Å². The van der Waals surface area contributed by atoms with E-state index in [-0.39, 0.29) is 0 Å². The molecule has 3 nitrogen and oxygen atoms in total. The number of aromatic nitrogens is 2. The molecule has 7 heteroatoms. The first-order chi connectivity index (χ1) is 13.7. The van der Waals surface area contributed by atoms with Gasteiger partial charge in [-0.1, -0.05) is 13.8 Å². The summed E-state index contributed by atoms with van der Waals surface area (Å²) < 4.78 is 35.6. The molecule has 0 unspecified atom stereocenters. The van der Waals surface area contributed by atoms with Gasteiger partial charge in [0.1, 0.15) is 5.71 Å². The van der Waals surface area contributed by atoms with Crippen LogP contribution in [0.2, 0.25) is 0 Å². The molecule has 0 aliphatic carbocycles. The number of hydrogen-bond donors (Lipinski definition) is 0. The maximum Gasteiger partial charge on any atom is 0.737 e. The Bertz CT molecular complexity index is 1160. The van der Waals surface area contributed by atoms with E-state index in [0.29, 0.717) is 22.8 Å². The lowest BCUT2D eigenvalue weighted by Gasteiger charge is -2.34. The third-order valence-electron chi connectivity index (χ3n) is 6.54. The third-order valence-corrected chi connectivity index (χ3v) is 7.17. The summed E-state index contributed by atoms with van der Waals surface area (Å²) in [5.41, 5.74) is 8.19. The van der Waals surface area contributed by atoms with Crippen molar-refractivity contribution >= 4 is 34.2 Å². The quantitative estimate of drug-likeness (QED) is 0.513. The predicted octanol–water partition coefficient (Wildman–Crippen LogP) is 6.03. The van der Waals surface area contributed by atoms with Gasteiger partial charge in [0.15, 0.2) is 5.70 Å². The van der Waals surface area contributed by atoms with E-state index < -0.39 is 6.97 Å². The molecule has 0 saturated carbocycles. The maximum atomic E-state index is 16.1. The molecule has 4 rings (SSSR count). The molecule has 0 bridgehead atoms. The normalized spacial score (nSPS) is 18.0. The first-order valence-electron chi connectivity index (χ1n) is 10.1. The van der Waals surface area contributed by atoms with Crippen molar-refractivity contribution in [3.63, 3.8) is 0 Å². The van der Waals surface area contributed by atoms with Crippen LogP contribution in [0.1, 0.15) is 62.2 Å². The molecule has 4 heterocycles. The van der Waals surface area contributed by atoms with Crippen LogP contribution in [-0.4, -0.2) is 26.6 Å². The molecule has 2 aromatic heterocycles. The number of nitrogens with zero attached hydrogens (tertiary/aromatic N) is 3. The van der Waals surface area contributed by atoms with E-state index in [2.05, 4.69) is 20.9 Å². The van der Waals surface area contributed by atoms with E-state index in [1.165, 1.54) is 8.96 Å². The van der Waals surface area contributed by atoms with Crippen LogP contribution in [0.3, 0.4) is 0 Å². The summed E-state index contributed by atoms with van der Waals surface area (Å²) in [6.07, 6.45) is 4.90. The summed E-state index contributed by atoms with van der Waals surface area (Å²) in [4.78, 5) is 4.18. The number of halogens is 3. The highest BCUT2D eigenvalue weighted by molar-refractivity contribution is 9.10. The molecule has 29 heavy (non-hydrogen) atoms. The van der Waals surface area contributed by atoms with Gasteiger partial charge in [-0.05, 0) is 72.4 Å².